The first-order chi connectivity index (χ1) is 18.5. The highest BCUT2D eigenvalue weighted by Crippen LogP contribution is 2.25. The van der Waals surface area contributed by atoms with E-state index in [2.05, 4.69) is 15.6 Å². The molecule has 1 unspecified atom stereocenters. The van der Waals surface area contributed by atoms with Crippen molar-refractivity contribution in [3.8, 4) is 16.9 Å². The first kappa shape index (κ1) is 26.3. The highest BCUT2D eigenvalue weighted by atomic mass is 19.1. The van der Waals surface area contributed by atoms with Crippen LogP contribution in [0, 0.1) is 5.82 Å². The predicted molar refractivity (Wildman–Crippen MR) is 144 cm³/mol. The van der Waals surface area contributed by atoms with Crippen LogP contribution in [0.4, 0.5) is 10.2 Å². The minimum atomic E-state index is -1.04. The zero-order valence-corrected chi connectivity index (χ0v) is 20.6. The number of carbonyl (C=O) groups excluding carboxylic acids is 1. The molecule has 0 aliphatic carbocycles. The van der Waals surface area contributed by atoms with Gasteiger partial charge in [-0.25, -0.2) is 9.37 Å². The number of ether oxygens (including phenoxy) is 1. The van der Waals surface area contributed by atoms with Crippen LogP contribution in [-0.4, -0.2) is 35.1 Å². The van der Waals surface area contributed by atoms with Gasteiger partial charge in [-0.15, -0.1) is 0 Å². The summed E-state index contributed by atoms with van der Waals surface area (Å²) in [5.74, 6) is -0.445. The van der Waals surface area contributed by atoms with Gasteiger partial charge in [0.25, 0.3) is 5.91 Å². The Balaban J connectivity index is 1.36. The van der Waals surface area contributed by atoms with Gasteiger partial charge >= 0.3 is 5.97 Å². The van der Waals surface area contributed by atoms with Crippen LogP contribution in [0.2, 0.25) is 0 Å². The van der Waals surface area contributed by atoms with E-state index >= 15 is 0 Å². The highest BCUT2D eigenvalue weighted by molar-refractivity contribution is 5.95. The van der Waals surface area contributed by atoms with Gasteiger partial charge in [-0.2, -0.15) is 0 Å². The first-order valence-corrected chi connectivity index (χ1v) is 12.2. The Morgan fingerprint density at radius 2 is 1.74 bits per heavy atom. The van der Waals surface area contributed by atoms with E-state index in [0.717, 1.165) is 17.8 Å². The van der Waals surface area contributed by atoms with Crippen molar-refractivity contribution >= 4 is 17.7 Å². The standard InChI is InChI=1S/C30H28FN3O4/c31-25-8-3-6-23(18-25)21-11-13-22(14-12-21)27(20-29(35)36)34-30(37)24-7-4-9-26(19-24)38-17-5-16-33-28-10-1-2-15-32-28/h1-4,6-15,18-19,27H,5,16-17,20H2,(H,32,33)(H,34,37)(H,35,36). The summed E-state index contributed by atoms with van der Waals surface area (Å²) in [4.78, 5) is 28.7. The number of amides is 1. The summed E-state index contributed by atoms with van der Waals surface area (Å²) in [5.41, 5.74) is 2.49. The number of halogens is 1. The number of aliphatic carboxylic acids is 1. The van der Waals surface area contributed by atoms with Gasteiger partial charge in [-0.1, -0.05) is 48.5 Å². The largest absolute Gasteiger partial charge is 0.494 e. The minimum Gasteiger partial charge on any atom is -0.494 e. The number of carboxylic acid groups (broad SMARTS) is 1. The van der Waals surface area contributed by atoms with Crippen LogP contribution in [0.5, 0.6) is 5.75 Å². The molecule has 4 rings (SSSR count). The third kappa shape index (κ3) is 7.64. The summed E-state index contributed by atoms with van der Waals surface area (Å²) >= 11 is 0. The van der Waals surface area contributed by atoms with Gasteiger partial charge in [0.15, 0.2) is 0 Å². The second-order valence-electron chi connectivity index (χ2n) is 8.63. The molecule has 1 amide bonds. The Bertz CT molecular complexity index is 1360. The van der Waals surface area contributed by atoms with Crippen LogP contribution in [0.1, 0.15) is 34.8 Å². The summed E-state index contributed by atoms with van der Waals surface area (Å²) in [7, 11) is 0. The molecule has 0 spiro atoms. The summed E-state index contributed by atoms with van der Waals surface area (Å²) in [6.45, 7) is 1.14. The number of hydrogen-bond donors (Lipinski definition) is 3. The maximum absolute atomic E-state index is 13.6. The van der Waals surface area contributed by atoms with E-state index in [-0.39, 0.29) is 12.2 Å². The highest BCUT2D eigenvalue weighted by Gasteiger charge is 2.19. The lowest BCUT2D eigenvalue weighted by molar-refractivity contribution is -0.137. The van der Waals surface area contributed by atoms with Crippen molar-refractivity contribution in [3.05, 3.63) is 114 Å². The molecule has 4 aromatic rings. The molecule has 0 radical (unpaired) electrons. The number of anilines is 1. The molecule has 3 aromatic carbocycles. The van der Waals surface area contributed by atoms with Crippen molar-refractivity contribution in [2.75, 3.05) is 18.5 Å². The van der Waals surface area contributed by atoms with Crippen LogP contribution in [0.3, 0.4) is 0 Å². The molecule has 0 aliphatic rings. The maximum Gasteiger partial charge on any atom is 0.305 e. The molecule has 1 aromatic heterocycles. The number of carboxylic acids is 1. The van der Waals surface area contributed by atoms with Crippen LogP contribution >= 0.6 is 0 Å². The van der Waals surface area contributed by atoms with E-state index in [9.17, 15) is 19.1 Å². The lowest BCUT2D eigenvalue weighted by Gasteiger charge is -2.18. The number of hydrogen-bond acceptors (Lipinski definition) is 5. The Labute approximate surface area is 220 Å². The van der Waals surface area contributed by atoms with E-state index in [1.165, 1.54) is 12.1 Å². The average molecular weight is 514 g/mol. The molecule has 3 N–H and O–H groups in total. The monoisotopic (exact) mass is 513 g/mol. The number of pyridine rings is 1. The minimum absolute atomic E-state index is 0.287. The molecular weight excluding hydrogens is 485 g/mol. The molecule has 194 valence electrons. The van der Waals surface area contributed by atoms with E-state index in [1.54, 1.807) is 66.9 Å². The molecule has 38 heavy (non-hydrogen) atoms. The zero-order chi connectivity index (χ0) is 26.7. The molecule has 1 heterocycles. The topological polar surface area (TPSA) is 101 Å². The molecule has 0 bridgehead atoms. The Hall–Kier alpha value is -4.72. The van der Waals surface area contributed by atoms with E-state index in [4.69, 9.17) is 4.74 Å². The average Bonchev–Trinajstić information content (AvgIpc) is 2.93. The van der Waals surface area contributed by atoms with Crippen molar-refractivity contribution in [2.45, 2.75) is 18.9 Å². The Morgan fingerprint density at radius 3 is 2.47 bits per heavy atom. The third-order valence-electron chi connectivity index (χ3n) is 5.81. The molecule has 7 nitrogen and oxygen atoms in total. The van der Waals surface area contributed by atoms with Gasteiger partial charge < -0.3 is 20.5 Å². The molecule has 0 aliphatic heterocycles. The second kappa shape index (κ2) is 13.0. The van der Waals surface area contributed by atoms with E-state index < -0.39 is 17.9 Å². The van der Waals surface area contributed by atoms with Gasteiger partial charge in [0.05, 0.1) is 19.1 Å². The fourth-order valence-electron chi connectivity index (χ4n) is 3.92. The van der Waals surface area contributed by atoms with Crippen LogP contribution in [0.15, 0.2) is 97.2 Å². The quantitative estimate of drug-likeness (QED) is 0.210. The first-order valence-electron chi connectivity index (χ1n) is 12.2. The van der Waals surface area contributed by atoms with Gasteiger partial charge in [0, 0.05) is 18.3 Å². The van der Waals surface area contributed by atoms with Crippen molar-refractivity contribution in [3.63, 3.8) is 0 Å². The number of carbonyl (C=O) groups is 2. The number of aromatic nitrogens is 1. The smallest absolute Gasteiger partial charge is 0.305 e. The Morgan fingerprint density at radius 1 is 0.921 bits per heavy atom. The molecular formula is C30H28FN3O4. The summed E-state index contributed by atoms with van der Waals surface area (Å²) in [5, 5.41) is 15.5. The summed E-state index contributed by atoms with van der Waals surface area (Å²) in [6.07, 6.45) is 2.17. The number of benzene rings is 3. The third-order valence-corrected chi connectivity index (χ3v) is 5.81. The van der Waals surface area contributed by atoms with Crippen LogP contribution < -0.4 is 15.4 Å². The molecule has 0 fully saturated rings. The van der Waals surface area contributed by atoms with Crippen molar-refractivity contribution in [2.24, 2.45) is 0 Å². The van der Waals surface area contributed by atoms with Crippen molar-refractivity contribution in [1.82, 2.24) is 10.3 Å². The van der Waals surface area contributed by atoms with Gasteiger partial charge in [-0.05, 0) is 65.6 Å². The zero-order valence-electron chi connectivity index (χ0n) is 20.6. The van der Waals surface area contributed by atoms with Crippen LogP contribution in [0.25, 0.3) is 11.1 Å². The molecule has 0 saturated heterocycles. The van der Waals surface area contributed by atoms with E-state index in [0.29, 0.717) is 35.6 Å². The molecule has 1 atom stereocenters. The van der Waals surface area contributed by atoms with Crippen molar-refractivity contribution in [1.29, 1.82) is 0 Å². The normalized spacial score (nSPS) is 11.4. The van der Waals surface area contributed by atoms with E-state index in [1.807, 2.05) is 18.2 Å². The lowest BCUT2D eigenvalue weighted by atomic mass is 9.98. The lowest BCUT2D eigenvalue weighted by Crippen LogP contribution is -2.30. The SMILES string of the molecule is O=C(O)CC(NC(=O)c1cccc(OCCCNc2ccccn2)c1)c1ccc(-c2cccc(F)c2)cc1. The van der Waals surface area contributed by atoms with Gasteiger partial charge in [-0.3, -0.25) is 9.59 Å². The maximum atomic E-state index is 13.6. The molecule has 8 heteroatoms. The van der Waals surface area contributed by atoms with Crippen LogP contribution in [-0.2, 0) is 4.79 Å². The predicted octanol–water partition coefficient (Wildman–Crippen LogP) is 5.71. The number of nitrogens with zero attached hydrogens (tertiary/aromatic N) is 1. The second-order valence-corrected chi connectivity index (χ2v) is 8.63. The summed E-state index contributed by atoms with van der Waals surface area (Å²) in [6, 6.07) is 24.9. The van der Waals surface area contributed by atoms with Crippen molar-refractivity contribution < 1.29 is 23.8 Å². The summed E-state index contributed by atoms with van der Waals surface area (Å²) < 4.78 is 19.4. The molecule has 0 saturated carbocycles. The van der Waals surface area contributed by atoms with Gasteiger partial charge in [0.1, 0.15) is 17.4 Å². The fourth-order valence-corrected chi connectivity index (χ4v) is 3.92. The number of nitrogens with one attached hydrogen (secondary N) is 2. The Kier molecular flexibility index (Phi) is 9.02. The fraction of sp³-hybridized carbons (Fsp3) is 0.167. The van der Waals surface area contributed by atoms with Gasteiger partial charge in [0.2, 0.25) is 0 Å². The number of rotatable bonds is 12.